The molecule has 5 aromatic rings. The summed E-state index contributed by atoms with van der Waals surface area (Å²) >= 11 is 2.64. The highest BCUT2D eigenvalue weighted by molar-refractivity contribution is 7.17. The number of hydrogen-bond donors (Lipinski definition) is 1. The maximum absolute atomic E-state index is 13.8. The first-order chi connectivity index (χ1) is 23.3. The summed E-state index contributed by atoms with van der Waals surface area (Å²) in [4.78, 5) is 35.3. The van der Waals surface area contributed by atoms with Gasteiger partial charge in [-0.1, -0.05) is 18.2 Å². The Morgan fingerprint density at radius 3 is 1.81 bits per heavy atom. The molecule has 0 saturated heterocycles. The monoisotopic (exact) mass is 689 g/mol. The predicted octanol–water partition coefficient (Wildman–Crippen LogP) is 8.32. The van der Waals surface area contributed by atoms with Gasteiger partial charge in [-0.2, -0.15) is 0 Å². The van der Waals surface area contributed by atoms with Crippen LogP contribution in [0.1, 0.15) is 61.9 Å². The molecule has 12 heteroatoms. The molecule has 0 radical (unpaired) electrons. The number of amides is 1. The Morgan fingerprint density at radius 1 is 0.771 bits per heavy atom. The number of carbonyl (C=O) groups excluding carboxylic acids is 2. The minimum absolute atomic E-state index is 0.179. The topological polar surface area (TPSA) is 99.6 Å². The highest BCUT2D eigenvalue weighted by atomic mass is 32.1. The van der Waals surface area contributed by atoms with Crippen molar-refractivity contribution in [1.82, 2.24) is 9.97 Å². The fourth-order valence-electron chi connectivity index (χ4n) is 5.74. The first kappa shape index (κ1) is 33.2. The molecule has 8 nitrogen and oxygen atoms in total. The number of carbonyl (C=O) groups is 2. The maximum Gasteiger partial charge on any atom is 0.367 e. The number of fused-ring (bicyclic) bond motifs is 6. The van der Waals surface area contributed by atoms with Gasteiger partial charge in [0.15, 0.2) is 5.01 Å². The summed E-state index contributed by atoms with van der Waals surface area (Å²) in [7, 11) is 3.27. The van der Waals surface area contributed by atoms with Crippen LogP contribution in [0.2, 0.25) is 0 Å². The zero-order valence-electron chi connectivity index (χ0n) is 26.7. The molecule has 48 heavy (non-hydrogen) atoms. The molecule has 0 aliphatic heterocycles. The van der Waals surface area contributed by atoms with Gasteiger partial charge in [0, 0.05) is 11.1 Å². The molecule has 2 aromatic heterocycles. The second kappa shape index (κ2) is 14.6. The largest absolute Gasteiger partial charge is 0.497 e. The van der Waals surface area contributed by atoms with Crippen molar-refractivity contribution in [2.75, 3.05) is 26.1 Å². The van der Waals surface area contributed by atoms with E-state index in [0.717, 1.165) is 94.4 Å². The van der Waals surface area contributed by atoms with Crippen LogP contribution >= 0.6 is 22.7 Å². The van der Waals surface area contributed by atoms with Crippen LogP contribution in [-0.4, -0.2) is 42.7 Å². The fraction of sp³-hybridized carbons (Fsp3) is 0.278. The molecular weight excluding hydrogens is 657 g/mol. The number of aryl methyl sites for hydroxylation is 4. The van der Waals surface area contributed by atoms with E-state index in [9.17, 15) is 18.4 Å². The van der Waals surface area contributed by atoms with Gasteiger partial charge < -0.3 is 19.5 Å². The number of benzene rings is 3. The third-order valence-corrected chi connectivity index (χ3v) is 10.3. The zero-order chi connectivity index (χ0) is 33.8. The second-order valence-corrected chi connectivity index (χ2v) is 13.1. The van der Waals surface area contributed by atoms with Gasteiger partial charge in [-0.25, -0.2) is 23.5 Å². The number of nitrogens with one attached hydrogen (secondary N) is 1. The Labute approximate surface area is 284 Å². The number of aromatic nitrogens is 2. The highest BCUT2D eigenvalue weighted by Gasteiger charge is 2.25. The van der Waals surface area contributed by atoms with Crippen molar-refractivity contribution in [2.45, 2.75) is 45.4 Å². The number of para-hydroxylation sites is 1. The van der Waals surface area contributed by atoms with E-state index in [1.807, 2.05) is 30.3 Å². The first-order valence-corrected chi connectivity index (χ1v) is 17.2. The van der Waals surface area contributed by atoms with Crippen LogP contribution in [0.4, 0.5) is 14.5 Å². The summed E-state index contributed by atoms with van der Waals surface area (Å²) < 4.78 is 43.3. The molecule has 1 amide bonds. The Hall–Kier alpha value is -4.68. The fourth-order valence-corrected chi connectivity index (χ4v) is 7.86. The van der Waals surface area contributed by atoms with Crippen molar-refractivity contribution < 1.29 is 32.6 Å². The molecule has 0 fully saturated rings. The minimum Gasteiger partial charge on any atom is -0.497 e. The number of esters is 1. The van der Waals surface area contributed by atoms with Crippen LogP contribution in [0.5, 0.6) is 11.5 Å². The molecule has 0 unspecified atom stereocenters. The van der Waals surface area contributed by atoms with Gasteiger partial charge in [0.05, 0.1) is 42.0 Å². The van der Waals surface area contributed by atoms with Crippen LogP contribution in [0, 0.1) is 11.6 Å². The predicted molar refractivity (Wildman–Crippen MR) is 183 cm³/mol. The SMILES string of the molecule is CCOC(=O)c1nc2c(s1)-c1cc(OC)ccc1CCC2.COc1ccc2c(c1)-c1sc(C(=O)Nc3c(F)cccc3F)nc1CCC2. The summed E-state index contributed by atoms with van der Waals surface area (Å²) in [6, 6.07) is 15.4. The lowest BCUT2D eigenvalue weighted by atomic mass is 10.0. The Balaban J connectivity index is 0.000000173. The number of ether oxygens (including phenoxy) is 3. The number of methoxy groups -OCH3 is 2. The molecule has 248 valence electrons. The second-order valence-electron chi connectivity index (χ2n) is 11.1. The quantitative estimate of drug-likeness (QED) is 0.179. The van der Waals surface area contributed by atoms with E-state index in [-0.39, 0.29) is 11.0 Å². The summed E-state index contributed by atoms with van der Waals surface area (Å²) in [5, 5.41) is 2.92. The molecule has 0 saturated carbocycles. The Bertz CT molecular complexity index is 1970. The average Bonchev–Trinajstić information content (AvgIpc) is 3.63. The van der Waals surface area contributed by atoms with Crippen molar-refractivity contribution in [3.05, 3.63) is 98.8 Å². The van der Waals surface area contributed by atoms with Crippen molar-refractivity contribution in [3.63, 3.8) is 0 Å². The molecule has 7 rings (SSSR count). The number of halogens is 2. The van der Waals surface area contributed by atoms with Gasteiger partial charge >= 0.3 is 5.97 Å². The number of thiazole rings is 2. The number of rotatable bonds is 6. The van der Waals surface area contributed by atoms with Gasteiger partial charge in [0.2, 0.25) is 5.01 Å². The van der Waals surface area contributed by atoms with E-state index < -0.39 is 23.2 Å². The minimum atomic E-state index is -0.823. The Morgan fingerprint density at radius 2 is 1.29 bits per heavy atom. The summed E-state index contributed by atoms with van der Waals surface area (Å²) in [5.74, 6) is -1.04. The highest BCUT2D eigenvalue weighted by Crippen LogP contribution is 2.40. The smallest absolute Gasteiger partial charge is 0.367 e. The van der Waals surface area contributed by atoms with Crippen LogP contribution in [-0.2, 0) is 30.4 Å². The number of nitrogens with zero attached hydrogens (tertiary/aromatic N) is 2. The van der Waals surface area contributed by atoms with Crippen molar-refractivity contribution in [1.29, 1.82) is 0 Å². The van der Waals surface area contributed by atoms with Crippen LogP contribution < -0.4 is 14.8 Å². The van der Waals surface area contributed by atoms with E-state index in [1.165, 1.54) is 39.9 Å². The molecule has 2 aliphatic rings. The van der Waals surface area contributed by atoms with Gasteiger partial charge in [-0.05, 0) is 93.0 Å². The third kappa shape index (κ3) is 6.95. The van der Waals surface area contributed by atoms with Gasteiger partial charge in [-0.3, -0.25) is 4.79 Å². The van der Waals surface area contributed by atoms with E-state index in [1.54, 1.807) is 21.1 Å². The van der Waals surface area contributed by atoms with Crippen molar-refractivity contribution >= 4 is 40.2 Å². The van der Waals surface area contributed by atoms with Gasteiger partial charge in [0.25, 0.3) is 5.91 Å². The van der Waals surface area contributed by atoms with E-state index in [4.69, 9.17) is 14.2 Å². The van der Waals surface area contributed by atoms with E-state index in [0.29, 0.717) is 11.6 Å². The van der Waals surface area contributed by atoms with Gasteiger partial charge in [0.1, 0.15) is 28.8 Å². The third-order valence-electron chi connectivity index (χ3n) is 8.08. The van der Waals surface area contributed by atoms with Crippen molar-refractivity contribution in [2.24, 2.45) is 0 Å². The van der Waals surface area contributed by atoms with E-state index in [2.05, 4.69) is 21.4 Å². The molecular formula is C36H33F2N3O5S2. The lowest BCUT2D eigenvalue weighted by molar-refractivity contribution is 0.0525. The average molecular weight is 690 g/mol. The van der Waals surface area contributed by atoms with Crippen LogP contribution in [0.15, 0.2) is 54.6 Å². The molecule has 0 atom stereocenters. The maximum atomic E-state index is 13.8. The zero-order valence-corrected chi connectivity index (χ0v) is 28.3. The lowest BCUT2D eigenvalue weighted by Gasteiger charge is -2.08. The molecule has 2 heterocycles. The van der Waals surface area contributed by atoms with E-state index >= 15 is 0 Å². The molecule has 1 N–H and O–H groups in total. The summed E-state index contributed by atoms with van der Waals surface area (Å²) in [6.07, 6.45) is 5.53. The normalized spacial score (nSPS) is 12.9. The molecule has 0 spiro atoms. The van der Waals surface area contributed by atoms with Crippen LogP contribution in [0.3, 0.4) is 0 Å². The van der Waals surface area contributed by atoms with Crippen molar-refractivity contribution in [3.8, 4) is 32.4 Å². The first-order valence-electron chi connectivity index (χ1n) is 15.6. The summed E-state index contributed by atoms with van der Waals surface area (Å²) in [5.41, 5.74) is 5.94. The number of hydrogen-bond acceptors (Lipinski definition) is 9. The molecule has 0 bridgehead atoms. The molecule has 2 aliphatic carbocycles. The summed E-state index contributed by atoms with van der Waals surface area (Å²) in [6.45, 7) is 2.17. The molecule has 3 aromatic carbocycles. The van der Waals surface area contributed by atoms with Gasteiger partial charge in [-0.15, -0.1) is 22.7 Å². The lowest BCUT2D eigenvalue weighted by Crippen LogP contribution is -2.14. The van der Waals surface area contributed by atoms with Crippen LogP contribution in [0.25, 0.3) is 20.9 Å². The Kier molecular flexibility index (Phi) is 10.1. The standard InChI is InChI=1S/C20H16F2N2O2S.C16H17NO3S/c1-26-12-9-8-11-4-2-7-16-18(13(11)10-12)27-20(23-16)19(25)24-17-14(21)5-3-6-15(17)22;1-3-20-16(18)15-17-13-6-4-5-10-7-8-11(19-2)9-12(10)14(13)21-15/h3,5-6,8-10H,2,4,7H2,1H3,(H,24,25);7-9H,3-6H2,1-2H3. The number of anilines is 1.